The van der Waals surface area contributed by atoms with E-state index in [9.17, 15) is 13.2 Å². The molecule has 1 amide bonds. The van der Waals surface area contributed by atoms with Crippen LogP contribution in [-0.4, -0.2) is 45.2 Å². The SMILES string of the molecule is COc1ccc(CCN2CC(CS(N)(=O)=O)CC2=O)cc1. The summed E-state index contributed by atoms with van der Waals surface area (Å²) >= 11 is 0. The minimum absolute atomic E-state index is 0.00263. The molecule has 0 aliphatic carbocycles. The number of nitrogens with two attached hydrogens (primary N) is 1. The van der Waals surface area contributed by atoms with Crippen molar-refractivity contribution in [2.75, 3.05) is 26.0 Å². The number of likely N-dealkylation sites (tertiary alicyclic amines) is 1. The highest BCUT2D eigenvalue weighted by Gasteiger charge is 2.31. The third-order valence-electron chi connectivity index (χ3n) is 3.59. The summed E-state index contributed by atoms with van der Waals surface area (Å²) in [6.45, 7) is 1.05. The lowest BCUT2D eigenvalue weighted by molar-refractivity contribution is -0.127. The molecule has 0 aromatic heterocycles. The van der Waals surface area contributed by atoms with Gasteiger partial charge in [0.15, 0.2) is 0 Å². The van der Waals surface area contributed by atoms with Crippen LogP contribution in [0.2, 0.25) is 0 Å². The van der Waals surface area contributed by atoms with Crippen LogP contribution >= 0.6 is 0 Å². The fourth-order valence-corrected chi connectivity index (χ4v) is 3.45. The Balaban J connectivity index is 1.87. The molecular formula is C14H20N2O4S. The molecule has 0 saturated carbocycles. The Morgan fingerprint density at radius 2 is 2.00 bits per heavy atom. The Morgan fingerprint density at radius 3 is 2.57 bits per heavy atom. The average Bonchev–Trinajstić information content (AvgIpc) is 2.74. The van der Waals surface area contributed by atoms with E-state index in [0.29, 0.717) is 13.1 Å². The molecular weight excluding hydrogens is 292 g/mol. The molecule has 1 fully saturated rings. The van der Waals surface area contributed by atoms with Crippen molar-refractivity contribution in [2.24, 2.45) is 11.1 Å². The smallest absolute Gasteiger partial charge is 0.222 e. The van der Waals surface area contributed by atoms with Crippen molar-refractivity contribution in [1.29, 1.82) is 0 Å². The maximum Gasteiger partial charge on any atom is 0.222 e. The minimum atomic E-state index is -3.52. The number of carbonyl (C=O) groups is 1. The number of methoxy groups -OCH3 is 1. The van der Waals surface area contributed by atoms with E-state index < -0.39 is 10.0 Å². The summed E-state index contributed by atoms with van der Waals surface area (Å²) in [5.74, 6) is 0.474. The van der Waals surface area contributed by atoms with Crippen molar-refractivity contribution < 1.29 is 17.9 Å². The summed E-state index contributed by atoms with van der Waals surface area (Å²) in [4.78, 5) is 13.6. The number of carbonyl (C=O) groups excluding carboxylic acids is 1. The fourth-order valence-electron chi connectivity index (χ4n) is 2.57. The summed E-state index contributed by atoms with van der Waals surface area (Å²) < 4.78 is 27.2. The molecule has 2 rings (SSSR count). The lowest BCUT2D eigenvalue weighted by Crippen LogP contribution is -2.29. The Hall–Kier alpha value is -1.60. The zero-order valence-electron chi connectivity index (χ0n) is 12.0. The Kier molecular flexibility index (Phi) is 4.84. The minimum Gasteiger partial charge on any atom is -0.497 e. The van der Waals surface area contributed by atoms with E-state index in [2.05, 4.69) is 0 Å². The zero-order chi connectivity index (χ0) is 15.5. The van der Waals surface area contributed by atoms with Crippen LogP contribution in [-0.2, 0) is 21.2 Å². The summed E-state index contributed by atoms with van der Waals surface area (Å²) in [5.41, 5.74) is 1.11. The van der Waals surface area contributed by atoms with Crippen LogP contribution in [0.4, 0.5) is 0 Å². The van der Waals surface area contributed by atoms with Gasteiger partial charge in [0, 0.05) is 25.4 Å². The van der Waals surface area contributed by atoms with Gasteiger partial charge < -0.3 is 9.64 Å². The highest BCUT2D eigenvalue weighted by Crippen LogP contribution is 2.19. The molecule has 7 heteroatoms. The first-order valence-electron chi connectivity index (χ1n) is 6.78. The van der Waals surface area contributed by atoms with E-state index in [1.807, 2.05) is 24.3 Å². The highest BCUT2D eigenvalue weighted by atomic mass is 32.2. The van der Waals surface area contributed by atoms with Crippen LogP contribution in [0.5, 0.6) is 5.75 Å². The second-order valence-electron chi connectivity index (χ2n) is 5.34. The molecule has 1 aliphatic heterocycles. The van der Waals surface area contributed by atoms with Crippen molar-refractivity contribution in [3.05, 3.63) is 29.8 Å². The maximum absolute atomic E-state index is 11.9. The van der Waals surface area contributed by atoms with E-state index in [-0.39, 0.29) is 24.0 Å². The Labute approximate surface area is 124 Å². The van der Waals surface area contributed by atoms with E-state index in [0.717, 1.165) is 17.7 Å². The number of ether oxygens (including phenoxy) is 1. The second kappa shape index (κ2) is 6.44. The first-order chi connectivity index (χ1) is 9.87. The molecule has 1 unspecified atom stereocenters. The summed E-state index contributed by atoms with van der Waals surface area (Å²) in [6.07, 6.45) is 0.997. The van der Waals surface area contributed by atoms with Gasteiger partial charge in [-0.1, -0.05) is 12.1 Å². The van der Waals surface area contributed by atoms with Gasteiger partial charge in [-0.2, -0.15) is 0 Å². The summed E-state index contributed by atoms with van der Waals surface area (Å²) in [5, 5.41) is 5.03. The van der Waals surface area contributed by atoms with Crippen LogP contribution in [0.3, 0.4) is 0 Å². The van der Waals surface area contributed by atoms with Crippen molar-refractivity contribution in [1.82, 2.24) is 4.90 Å². The second-order valence-corrected chi connectivity index (χ2v) is 7.00. The molecule has 1 saturated heterocycles. The first kappa shape index (κ1) is 15.8. The number of primary sulfonamides is 1. The van der Waals surface area contributed by atoms with Crippen LogP contribution in [0.1, 0.15) is 12.0 Å². The monoisotopic (exact) mass is 312 g/mol. The number of nitrogens with zero attached hydrogens (tertiary/aromatic N) is 1. The molecule has 21 heavy (non-hydrogen) atoms. The molecule has 0 spiro atoms. The van der Waals surface area contributed by atoms with Gasteiger partial charge in [0.1, 0.15) is 5.75 Å². The van der Waals surface area contributed by atoms with Gasteiger partial charge in [-0.25, -0.2) is 13.6 Å². The third kappa shape index (κ3) is 4.71. The molecule has 1 atom stereocenters. The molecule has 1 aromatic rings. The topological polar surface area (TPSA) is 89.7 Å². The van der Waals surface area contributed by atoms with E-state index in [1.165, 1.54) is 0 Å². The van der Waals surface area contributed by atoms with Crippen molar-refractivity contribution in [2.45, 2.75) is 12.8 Å². The quantitative estimate of drug-likeness (QED) is 0.822. The average molecular weight is 312 g/mol. The van der Waals surface area contributed by atoms with Crippen LogP contribution in [0, 0.1) is 5.92 Å². The molecule has 6 nitrogen and oxygen atoms in total. The number of hydrogen-bond donors (Lipinski definition) is 1. The lowest BCUT2D eigenvalue weighted by atomic mass is 10.1. The van der Waals surface area contributed by atoms with E-state index in [4.69, 9.17) is 9.88 Å². The molecule has 0 radical (unpaired) electrons. The van der Waals surface area contributed by atoms with Gasteiger partial charge in [-0.3, -0.25) is 4.79 Å². The normalized spacial score (nSPS) is 19.0. The van der Waals surface area contributed by atoms with Crippen molar-refractivity contribution >= 4 is 15.9 Å². The molecule has 116 valence electrons. The number of benzene rings is 1. The fraction of sp³-hybridized carbons (Fsp3) is 0.500. The lowest BCUT2D eigenvalue weighted by Gasteiger charge is -2.16. The largest absolute Gasteiger partial charge is 0.497 e. The number of hydrogen-bond acceptors (Lipinski definition) is 4. The predicted octanol–water partition coefficient (Wildman–Crippen LogP) is 0.375. The molecule has 0 bridgehead atoms. The van der Waals surface area contributed by atoms with E-state index >= 15 is 0 Å². The van der Waals surface area contributed by atoms with Crippen molar-refractivity contribution in [3.63, 3.8) is 0 Å². The van der Waals surface area contributed by atoms with Gasteiger partial charge in [0.2, 0.25) is 15.9 Å². The van der Waals surface area contributed by atoms with Gasteiger partial charge in [0.05, 0.1) is 12.9 Å². The number of sulfonamides is 1. The molecule has 1 aliphatic rings. The maximum atomic E-state index is 11.9. The Bertz CT molecular complexity index is 598. The number of amides is 1. The van der Waals surface area contributed by atoms with Gasteiger partial charge in [-0.05, 0) is 24.1 Å². The van der Waals surface area contributed by atoms with Crippen LogP contribution in [0.25, 0.3) is 0 Å². The van der Waals surface area contributed by atoms with E-state index in [1.54, 1.807) is 12.0 Å². The standard InChI is InChI=1S/C14H20N2O4S/c1-20-13-4-2-11(3-5-13)6-7-16-9-12(8-14(16)17)10-21(15,18)19/h2-5,12H,6-10H2,1H3,(H2,15,18,19). The third-order valence-corrected chi connectivity index (χ3v) is 4.53. The summed E-state index contributed by atoms with van der Waals surface area (Å²) in [7, 11) is -1.91. The first-order valence-corrected chi connectivity index (χ1v) is 8.50. The van der Waals surface area contributed by atoms with Crippen LogP contribution < -0.4 is 9.88 Å². The summed E-state index contributed by atoms with van der Waals surface area (Å²) in [6, 6.07) is 7.68. The van der Waals surface area contributed by atoms with Gasteiger partial charge in [-0.15, -0.1) is 0 Å². The molecule has 1 heterocycles. The highest BCUT2D eigenvalue weighted by molar-refractivity contribution is 7.89. The van der Waals surface area contributed by atoms with Gasteiger partial charge >= 0.3 is 0 Å². The molecule has 1 aromatic carbocycles. The molecule has 2 N–H and O–H groups in total. The zero-order valence-corrected chi connectivity index (χ0v) is 12.8. The van der Waals surface area contributed by atoms with Gasteiger partial charge in [0.25, 0.3) is 0 Å². The number of rotatable bonds is 6. The predicted molar refractivity (Wildman–Crippen MR) is 79.4 cm³/mol. The van der Waals surface area contributed by atoms with Crippen LogP contribution in [0.15, 0.2) is 24.3 Å². The van der Waals surface area contributed by atoms with Crippen molar-refractivity contribution in [3.8, 4) is 5.75 Å². The Morgan fingerprint density at radius 1 is 1.33 bits per heavy atom.